The van der Waals surface area contributed by atoms with Gasteiger partial charge in [0.2, 0.25) is 5.91 Å². The number of carbonyl (C=O) groups excluding carboxylic acids is 1. The summed E-state index contributed by atoms with van der Waals surface area (Å²) in [7, 11) is 4.89. The number of carbonyl (C=O) groups is 1. The maximum Gasteiger partial charge on any atom is 0.416 e. The van der Waals surface area contributed by atoms with E-state index in [2.05, 4.69) is 20.9 Å². The summed E-state index contributed by atoms with van der Waals surface area (Å²) >= 11 is 7.04. The zero-order valence-corrected chi connectivity index (χ0v) is 32.6. The second kappa shape index (κ2) is 18.1. The van der Waals surface area contributed by atoms with Crippen LogP contribution >= 0.6 is 11.6 Å². The average molecular weight is 794 g/mol. The molecule has 1 saturated carbocycles. The van der Waals surface area contributed by atoms with Gasteiger partial charge < -0.3 is 30.8 Å². The Balaban J connectivity index is 1.25. The van der Waals surface area contributed by atoms with Crippen molar-refractivity contribution in [3.8, 4) is 33.8 Å². The van der Waals surface area contributed by atoms with Crippen molar-refractivity contribution in [3.05, 3.63) is 99.3 Å². The van der Waals surface area contributed by atoms with Crippen LogP contribution in [0.5, 0.6) is 11.5 Å². The molecule has 0 aromatic heterocycles. The number of amides is 1. The van der Waals surface area contributed by atoms with Crippen LogP contribution in [0.4, 0.5) is 23.2 Å². The van der Waals surface area contributed by atoms with Crippen molar-refractivity contribution in [1.29, 1.82) is 5.41 Å². The lowest BCUT2D eigenvalue weighted by Gasteiger charge is -2.32. The molecule has 1 saturated heterocycles. The number of methoxy groups -OCH3 is 2. The Kier molecular flexibility index (Phi) is 13.2. The lowest BCUT2D eigenvalue weighted by atomic mass is 9.93. The Morgan fingerprint density at radius 3 is 2.32 bits per heavy atom. The fourth-order valence-corrected chi connectivity index (χ4v) is 8.23. The molecule has 8 nitrogen and oxygen atoms in total. The van der Waals surface area contributed by atoms with Gasteiger partial charge >= 0.3 is 6.18 Å². The van der Waals surface area contributed by atoms with Crippen LogP contribution in [0.1, 0.15) is 72.8 Å². The highest BCUT2D eigenvalue weighted by Gasteiger charge is 2.35. The Labute approximate surface area is 330 Å². The number of halogens is 5. The van der Waals surface area contributed by atoms with Crippen molar-refractivity contribution in [2.75, 3.05) is 33.1 Å². The number of rotatable bonds is 15. The highest BCUT2D eigenvalue weighted by Crippen LogP contribution is 2.42. The van der Waals surface area contributed by atoms with E-state index < -0.39 is 17.6 Å². The minimum absolute atomic E-state index is 0.00711. The van der Waals surface area contributed by atoms with Gasteiger partial charge in [0.25, 0.3) is 0 Å². The topological polar surface area (TPSA) is 98.7 Å². The normalized spacial score (nSPS) is 16.2. The van der Waals surface area contributed by atoms with Crippen LogP contribution in [0.15, 0.2) is 60.7 Å². The van der Waals surface area contributed by atoms with E-state index in [1.54, 1.807) is 42.5 Å². The van der Waals surface area contributed by atoms with E-state index in [4.69, 9.17) is 26.5 Å². The van der Waals surface area contributed by atoms with Crippen molar-refractivity contribution >= 4 is 29.4 Å². The van der Waals surface area contributed by atoms with Gasteiger partial charge in [0.05, 0.1) is 24.8 Å². The van der Waals surface area contributed by atoms with Crippen molar-refractivity contribution in [2.45, 2.75) is 82.8 Å². The van der Waals surface area contributed by atoms with Crippen LogP contribution in [0, 0.1) is 11.2 Å². The van der Waals surface area contributed by atoms with Gasteiger partial charge in [-0.1, -0.05) is 61.2 Å². The number of anilines is 1. The molecule has 0 radical (unpaired) electrons. The van der Waals surface area contributed by atoms with E-state index >= 15 is 4.39 Å². The van der Waals surface area contributed by atoms with Crippen LogP contribution in [-0.2, 0) is 30.6 Å². The molecule has 4 aromatic carbocycles. The zero-order chi connectivity index (χ0) is 40.0. The average Bonchev–Trinajstić information content (AvgIpc) is 3.61. The second-order valence-electron chi connectivity index (χ2n) is 14.5. The molecule has 1 unspecified atom stereocenters. The first-order chi connectivity index (χ1) is 26.9. The summed E-state index contributed by atoms with van der Waals surface area (Å²) < 4.78 is 70.6. The number of nitrogens with zero attached hydrogens (tertiary/aromatic N) is 1. The molecule has 1 atom stereocenters. The second-order valence-corrected chi connectivity index (χ2v) is 14.9. The van der Waals surface area contributed by atoms with E-state index in [1.807, 2.05) is 7.05 Å². The summed E-state index contributed by atoms with van der Waals surface area (Å²) in [6.45, 7) is 0.845. The smallest absolute Gasteiger partial charge is 0.416 e. The third kappa shape index (κ3) is 9.30. The summed E-state index contributed by atoms with van der Waals surface area (Å²) in [6, 6.07) is 16.6. The molecule has 6 rings (SSSR count). The predicted octanol–water partition coefficient (Wildman–Crippen LogP) is 9.59. The number of benzene rings is 4. The van der Waals surface area contributed by atoms with Gasteiger partial charge in [-0.2, -0.15) is 13.2 Å². The summed E-state index contributed by atoms with van der Waals surface area (Å²) in [5.41, 5.74) is 3.07. The molecular formula is C43H48ClF4N5O3. The molecule has 1 amide bonds. The maximum atomic E-state index is 15.7. The van der Waals surface area contributed by atoms with Crippen LogP contribution in [0.3, 0.4) is 0 Å². The van der Waals surface area contributed by atoms with Crippen LogP contribution < -0.4 is 25.4 Å². The highest BCUT2D eigenvalue weighted by molar-refractivity contribution is 6.36. The zero-order valence-electron chi connectivity index (χ0n) is 31.8. The Morgan fingerprint density at radius 1 is 0.929 bits per heavy atom. The summed E-state index contributed by atoms with van der Waals surface area (Å²) in [5.74, 6) is 0.233. The molecule has 298 valence electrons. The van der Waals surface area contributed by atoms with Gasteiger partial charge in [0.15, 0.2) is 0 Å². The first kappa shape index (κ1) is 41.0. The molecule has 56 heavy (non-hydrogen) atoms. The largest absolute Gasteiger partial charge is 0.496 e. The standard InChI is InChI=1S/C43H48ClF4N5O3/c1-53(30-9-5-4-6-10-30)25-28-17-36(43(46,47)48)27(20-39(28)55-2)22-51-38-14-8-12-32(34(38)21-49)33-13-7-11-31(42(33)44)26-18-37(45)35(40(19-26)56-3)24-50-23-29-15-16-41(54)52-29/h7-8,11-14,17-21,29-30,49-51H,4-6,9-10,15-16,22-25H2,1-3H3,(H,52,54). The van der Waals surface area contributed by atoms with Gasteiger partial charge in [-0.05, 0) is 73.3 Å². The monoisotopic (exact) mass is 793 g/mol. The van der Waals surface area contributed by atoms with Crippen LogP contribution in [0.2, 0.25) is 5.02 Å². The SMILES string of the molecule is COc1cc(CNc2cccc(-c3cccc(-c4cc(F)c(CNCC5CCC(=O)N5)c(OC)c4)c3Cl)c2C=N)c(C(F)(F)F)cc1CN(C)C1CCCCC1. The minimum atomic E-state index is -4.60. The van der Waals surface area contributed by atoms with Gasteiger partial charge in [-0.25, -0.2) is 4.39 Å². The molecule has 0 bridgehead atoms. The first-order valence-electron chi connectivity index (χ1n) is 18.9. The van der Waals surface area contributed by atoms with Crippen LogP contribution in [-0.4, -0.2) is 56.9 Å². The van der Waals surface area contributed by atoms with Gasteiger partial charge in [-0.3, -0.25) is 9.69 Å². The number of alkyl halides is 3. The summed E-state index contributed by atoms with van der Waals surface area (Å²) in [4.78, 5) is 13.7. The van der Waals surface area contributed by atoms with E-state index in [-0.39, 0.29) is 30.6 Å². The van der Waals surface area contributed by atoms with E-state index in [9.17, 15) is 18.0 Å². The fourth-order valence-electron chi connectivity index (χ4n) is 7.90. The summed E-state index contributed by atoms with van der Waals surface area (Å²) in [6.07, 6.45) is 3.21. The van der Waals surface area contributed by atoms with E-state index in [0.29, 0.717) is 86.7 Å². The molecule has 2 aliphatic rings. The molecule has 4 aromatic rings. The van der Waals surface area contributed by atoms with Crippen molar-refractivity contribution in [3.63, 3.8) is 0 Å². The van der Waals surface area contributed by atoms with Gasteiger partial charge in [0.1, 0.15) is 17.3 Å². The van der Waals surface area contributed by atoms with E-state index in [0.717, 1.165) is 38.3 Å². The van der Waals surface area contributed by atoms with Gasteiger partial charge in [0, 0.05) is 84.4 Å². The molecule has 2 fully saturated rings. The molecule has 1 aliphatic heterocycles. The Bertz CT molecular complexity index is 2050. The van der Waals surface area contributed by atoms with Crippen molar-refractivity contribution < 1.29 is 31.8 Å². The number of hydrogen-bond donors (Lipinski definition) is 4. The molecule has 4 N–H and O–H groups in total. The number of hydrogen-bond acceptors (Lipinski definition) is 7. The van der Waals surface area contributed by atoms with Gasteiger partial charge in [-0.15, -0.1) is 0 Å². The van der Waals surface area contributed by atoms with Crippen LogP contribution in [0.25, 0.3) is 22.3 Å². The molecule has 1 aliphatic carbocycles. The fraction of sp³-hybridized carbons (Fsp3) is 0.395. The number of ether oxygens (including phenoxy) is 2. The molecular weight excluding hydrogens is 746 g/mol. The lowest BCUT2D eigenvalue weighted by Crippen LogP contribution is -2.35. The quantitative estimate of drug-likeness (QED) is 0.0708. The number of nitrogens with one attached hydrogen (secondary N) is 4. The predicted molar refractivity (Wildman–Crippen MR) is 213 cm³/mol. The molecule has 0 spiro atoms. The highest BCUT2D eigenvalue weighted by atomic mass is 35.5. The Hall–Kier alpha value is -4.65. The van der Waals surface area contributed by atoms with Crippen molar-refractivity contribution in [2.24, 2.45) is 0 Å². The molecule has 13 heteroatoms. The lowest BCUT2D eigenvalue weighted by molar-refractivity contribution is -0.138. The maximum absolute atomic E-state index is 15.7. The van der Waals surface area contributed by atoms with E-state index in [1.165, 1.54) is 38.8 Å². The molecule has 1 heterocycles. The first-order valence-corrected chi connectivity index (χ1v) is 19.3. The third-order valence-electron chi connectivity index (χ3n) is 10.9. The summed E-state index contributed by atoms with van der Waals surface area (Å²) in [5, 5.41) is 17.9. The Morgan fingerprint density at radius 2 is 1.64 bits per heavy atom. The third-order valence-corrected chi connectivity index (χ3v) is 11.3. The van der Waals surface area contributed by atoms with Crippen molar-refractivity contribution in [1.82, 2.24) is 15.5 Å². The minimum Gasteiger partial charge on any atom is -0.496 e.